The lowest BCUT2D eigenvalue weighted by atomic mass is 10.3. The number of benzene rings is 1. The highest BCUT2D eigenvalue weighted by atomic mass is 127. The van der Waals surface area contributed by atoms with Gasteiger partial charge in [-0.2, -0.15) is 0 Å². The summed E-state index contributed by atoms with van der Waals surface area (Å²) in [4.78, 5) is 10.4. The summed E-state index contributed by atoms with van der Waals surface area (Å²) in [7, 11) is 0. The van der Waals surface area contributed by atoms with Gasteiger partial charge in [-0.3, -0.25) is 4.79 Å². The molecule has 0 aromatic heterocycles. The molecule has 0 aliphatic heterocycles. The molecule has 1 aromatic carbocycles. The Hall–Kier alpha value is -0.780. The molecule has 0 spiro atoms. The van der Waals surface area contributed by atoms with Crippen molar-refractivity contribution < 1.29 is 4.79 Å². The van der Waals surface area contributed by atoms with Crippen LogP contribution in [0.15, 0.2) is 24.3 Å². The summed E-state index contributed by atoms with van der Waals surface area (Å²) in [5, 5.41) is 3.11. The lowest BCUT2D eigenvalue weighted by Gasteiger charge is -2.04. The van der Waals surface area contributed by atoms with E-state index >= 15 is 0 Å². The Morgan fingerprint density at radius 3 is 2.92 bits per heavy atom. The minimum Gasteiger partial charge on any atom is -0.384 e. The van der Waals surface area contributed by atoms with Crippen molar-refractivity contribution in [2.24, 2.45) is 5.73 Å². The average molecular weight is 290 g/mol. The lowest BCUT2D eigenvalue weighted by molar-refractivity contribution is -0.117. The van der Waals surface area contributed by atoms with Gasteiger partial charge in [0.05, 0.1) is 0 Å². The number of carbonyl (C=O) groups excluding carboxylic acids is 1. The smallest absolute Gasteiger partial charge is 0.219 e. The summed E-state index contributed by atoms with van der Waals surface area (Å²) < 4.78 is 1.17. The summed E-state index contributed by atoms with van der Waals surface area (Å²) in [5.74, 6) is -0.280. The number of hydrogen-bond acceptors (Lipinski definition) is 2. The predicted molar refractivity (Wildman–Crippen MR) is 61.5 cm³/mol. The molecule has 0 saturated carbocycles. The third-order valence-electron chi connectivity index (χ3n) is 1.53. The highest BCUT2D eigenvalue weighted by Gasteiger charge is 1.95. The summed E-state index contributed by atoms with van der Waals surface area (Å²) >= 11 is 2.24. The Labute approximate surface area is 90.8 Å². The largest absolute Gasteiger partial charge is 0.384 e. The van der Waals surface area contributed by atoms with E-state index in [1.165, 1.54) is 3.57 Å². The van der Waals surface area contributed by atoms with Gasteiger partial charge < -0.3 is 11.1 Å². The van der Waals surface area contributed by atoms with Crippen LogP contribution in [0.5, 0.6) is 0 Å². The lowest BCUT2D eigenvalue weighted by Crippen LogP contribution is -2.15. The number of halogens is 1. The molecule has 0 bridgehead atoms. The van der Waals surface area contributed by atoms with Gasteiger partial charge >= 0.3 is 0 Å². The van der Waals surface area contributed by atoms with Crippen molar-refractivity contribution >= 4 is 34.2 Å². The maximum absolute atomic E-state index is 10.4. The van der Waals surface area contributed by atoms with Gasteiger partial charge in [0.15, 0.2) is 0 Å². The Balaban J connectivity index is 2.41. The van der Waals surface area contributed by atoms with Crippen LogP contribution in [0.25, 0.3) is 0 Å². The molecule has 0 unspecified atom stereocenters. The van der Waals surface area contributed by atoms with E-state index in [0.29, 0.717) is 13.0 Å². The highest BCUT2D eigenvalue weighted by molar-refractivity contribution is 14.1. The van der Waals surface area contributed by atoms with Gasteiger partial charge in [-0.1, -0.05) is 6.07 Å². The predicted octanol–water partition coefficient (Wildman–Crippen LogP) is 1.58. The van der Waals surface area contributed by atoms with E-state index in [2.05, 4.69) is 27.9 Å². The molecule has 0 radical (unpaired) electrons. The fourth-order valence-electron chi connectivity index (χ4n) is 0.928. The molecule has 13 heavy (non-hydrogen) atoms. The van der Waals surface area contributed by atoms with Gasteiger partial charge in [0.25, 0.3) is 0 Å². The van der Waals surface area contributed by atoms with E-state index in [9.17, 15) is 4.79 Å². The zero-order valence-corrected chi connectivity index (χ0v) is 9.24. The Morgan fingerprint density at radius 1 is 1.54 bits per heavy atom. The molecule has 70 valence electrons. The normalized spacial score (nSPS) is 9.62. The number of nitrogens with one attached hydrogen (secondary N) is 1. The van der Waals surface area contributed by atoms with Crippen molar-refractivity contribution in [1.82, 2.24) is 0 Å². The third-order valence-corrected chi connectivity index (χ3v) is 2.20. The van der Waals surface area contributed by atoms with Crippen LogP contribution in [0.3, 0.4) is 0 Å². The second-order valence-electron chi connectivity index (χ2n) is 2.65. The molecule has 0 aliphatic rings. The minimum absolute atomic E-state index is 0.280. The number of primary amides is 1. The van der Waals surface area contributed by atoms with Gasteiger partial charge in [-0.05, 0) is 40.8 Å². The van der Waals surface area contributed by atoms with Crippen LogP contribution in [0.1, 0.15) is 6.42 Å². The maximum Gasteiger partial charge on any atom is 0.219 e. The first kappa shape index (κ1) is 10.3. The zero-order chi connectivity index (χ0) is 9.68. The Bertz CT molecular complexity index is 301. The van der Waals surface area contributed by atoms with Gasteiger partial charge in [0, 0.05) is 22.2 Å². The molecule has 0 heterocycles. The van der Waals surface area contributed by atoms with E-state index in [0.717, 1.165) is 5.69 Å². The number of rotatable bonds is 4. The van der Waals surface area contributed by atoms with Crippen LogP contribution in [-0.2, 0) is 4.79 Å². The van der Waals surface area contributed by atoms with Crippen LogP contribution in [0, 0.1) is 3.57 Å². The molecular weight excluding hydrogens is 279 g/mol. The Kier molecular flexibility index (Phi) is 4.01. The first-order chi connectivity index (χ1) is 6.18. The first-order valence-electron chi connectivity index (χ1n) is 3.96. The van der Waals surface area contributed by atoms with Gasteiger partial charge in [0.2, 0.25) is 5.91 Å². The molecule has 4 heteroatoms. The first-order valence-corrected chi connectivity index (χ1v) is 5.04. The van der Waals surface area contributed by atoms with Crippen molar-refractivity contribution in [3.05, 3.63) is 27.8 Å². The van der Waals surface area contributed by atoms with Gasteiger partial charge in [-0.25, -0.2) is 0 Å². The van der Waals surface area contributed by atoms with E-state index < -0.39 is 0 Å². The number of hydrogen-bond donors (Lipinski definition) is 2. The zero-order valence-electron chi connectivity index (χ0n) is 7.09. The topological polar surface area (TPSA) is 55.1 Å². The molecule has 3 nitrogen and oxygen atoms in total. The van der Waals surface area contributed by atoms with Crippen LogP contribution < -0.4 is 11.1 Å². The number of anilines is 1. The Morgan fingerprint density at radius 2 is 2.31 bits per heavy atom. The summed E-state index contributed by atoms with van der Waals surface area (Å²) in [6.07, 6.45) is 0.367. The molecule has 1 rings (SSSR count). The maximum atomic E-state index is 10.4. The standard InChI is InChI=1S/C9H11IN2O/c10-7-2-1-3-8(6-7)12-5-4-9(11)13/h1-3,6,12H,4-5H2,(H2,11,13). The van der Waals surface area contributed by atoms with Crippen molar-refractivity contribution in [3.8, 4) is 0 Å². The highest BCUT2D eigenvalue weighted by Crippen LogP contribution is 2.11. The number of carbonyl (C=O) groups is 1. The minimum atomic E-state index is -0.280. The fraction of sp³-hybridized carbons (Fsp3) is 0.222. The SMILES string of the molecule is NC(=O)CCNc1cccc(I)c1. The fourth-order valence-corrected chi connectivity index (χ4v) is 1.47. The molecule has 0 aliphatic carbocycles. The molecular formula is C9H11IN2O. The van der Waals surface area contributed by atoms with Crippen molar-refractivity contribution in [3.63, 3.8) is 0 Å². The van der Waals surface area contributed by atoms with Crippen LogP contribution in [0.2, 0.25) is 0 Å². The van der Waals surface area contributed by atoms with Crippen LogP contribution >= 0.6 is 22.6 Å². The number of nitrogens with two attached hydrogens (primary N) is 1. The summed E-state index contributed by atoms with van der Waals surface area (Å²) in [5.41, 5.74) is 6.03. The summed E-state index contributed by atoms with van der Waals surface area (Å²) in [6.45, 7) is 0.593. The molecule has 0 fully saturated rings. The van der Waals surface area contributed by atoms with Crippen molar-refractivity contribution in [2.45, 2.75) is 6.42 Å². The second kappa shape index (κ2) is 5.06. The second-order valence-corrected chi connectivity index (χ2v) is 3.90. The summed E-state index contributed by atoms with van der Waals surface area (Å²) in [6, 6.07) is 7.96. The van der Waals surface area contributed by atoms with E-state index in [1.807, 2.05) is 24.3 Å². The quantitative estimate of drug-likeness (QED) is 0.827. The monoisotopic (exact) mass is 290 g/mol. The van der Waals surface area contributed by atoms with Crippen molar-refractivity contribution in [1.29, 1.82) is 0 Å². The van der Waals surface area contributed by atoms with E-state index in [-0.39, 0.29) is 5.91 Å². The van der Waals surface area contributed by atoms with Gasteiger partial charge in [-0.15, -0.1) is 0 Å². The molecule has 1 aromatic rings. The molecule has 1 amide bonds. The van der Waals surface area contributed by atoms with Gasteiger partial charge in [0.1, 0.15) is 0 Å². The van der Waals surface area contributed by atoms with E-state index in [4.69, 9.17) is 5.73 Å². The third kappa shape index (κ3) is 4.12. The average Bonchev–Trinajstić information content (AvgIpc) is 2.03. The molecule has 0 saturated heterocycles. The number of amides is 1. The van der Waals surface area contributed by atoms with Crippen LogP contribution in [-0.4, -0.2) is 12.5 Å². The molecule has 3 N–H and O–H groups in total. The van der Waals surface area contributed by atoms with Crippen molar-refractivity contribution in [2.75, 3.05) is 11.9 Å². The van der Waals surface area contributed by atoms with Crippen LogP contribution in [0.4, 0.5) is 5.69 Å². The molecule has 0 atom stereocenters. The van der Waals surface area contributed by atoms with E-state index in [1.54, 1.807) is 0 Å².